The molecule has 1 aliphatic heterocycles. The minimum atomic E-state index is -0.185. The van der Waals surface area contributed by atoms with Crippen LogP contribution in [0.4, 0.5) is 5.69 Å². The molecule has 0 unspecified atom stereocenters. The van der Waals surface area contributed by atoms with Gasteiger partial charge in [-0.05, 0) is 58.6 Å². The summed E-state index contributed by atoms with van der Waals surface area (Å²) in [6.07, 6.45) is 1.92. The van der Waals surface area contributed by atoms with Gasteiger partial charge in [-0.25, -0.2) is 0 Å². The van der Waals surface area contributed by atoms with Crippen LogP contribution < -0.4 is 15.0 Å². The maximum Gasteiger partial charge on any atom is 0.252 e. The Morgan fingerprint density at radius 2 is 2.04 bits per heavy atom. The third-order valence-corrected chi connectivity index (χ3v) is 5.15. The molecule has 0 aromatic heterocycles. The van der Waals surface area contributed by atoms with Crippen LogP contribution >= 0.6 is 15.9 Å². The largest absolute Gasteiger partial charge is 0.497 e. The Labute approximate surface area is 161 Å². The first kappa shape index (κ1) is 18.5. The number of para-hydroxylation sites is 1. The summed E-state index contributed by atoms with van der Waals surface area (Å²) in [4.78, 5) is 26.6. The van der Waals surface area contributed by atoms with Gasteiger partial charge in [0, 0.05) is 29.7 Å². The van der Waals surface area contributed by atoms with Crippen molar-refractivity contribution in [2.45, 2.75) is 19.3 Å². The number of hydrogen-bond donors (Lipinski definition) is 1. The van der Waals surface area contributed by atoms with Crippen LogP contribution in [0, 0.1) is 0 Å². The minimum absolute atomic E-state index is 0.103. The zero-order valence-electron chi connectivity index (χ0n) is 14.6. The quantitative estimate of drug-likeness (QED) is 0.732. The van der Waals surface area contributed by atoms with Gasteiger partial charge in [0.15, 0.2) is 0 Å². The van der Waals surface area contributed by atoms with Crippen molar-refractivity contribution in [3.63, 3.8) is 0 Å². The standard InChI is InChI=1S/C20H21BrN2O3/c1-26-15-8-9-17(21)16(13-15)20(25)22-11-4-7-19(24)23-12-10-14-5-2-3-6-18(14)23/h2-3,5-6,8-9,13H,4,7,10-12H2,1H3,(H,22,25). The second-order valence-corrected chi connectivity index (χ2v) is 6.98. The number of anilines is 1. The molecule has 0 saturated carbocycles. The molecule has 2 aromatic rings. The molecule has 2 aromatic carbocycles. The number of benzene rings is 2. The van der Waals surface area contributed by atoms with Crippen LogP contribution in [0.1, 0.15) is 28.8 Å². The Kier molecular flexibility index (Phi) is 5.93. The van der Waals surface area contributed by atoms with Gasteiger partial charge >= 0.3 is 0 Å². The van der Waals surface area contributed by atoms with Gasteiger partial charge in [-0.2, -0.15) is 0 Å². The third kappa shape index (κ3) is 4.07. The predicted molar refractivity (Wildman–Crippen MR) is 105 cm³/mol. The third-order valence-electron chi connectivity index (χ3n) is 4.46. The van der Waals surface area contributed by atoms with Crippen molar-refractivity contribution in [3.05, 3.63) is 58.1 Å². The molecule has 3 rings (SSSR count). The second kappa shape index (κ2) is 8.36. The van der Waals surface area contributed by atoms with Gasteiger partial charge in [0.05, 0.1) is 12.7 Å². The van der Waals surface area contributed by atoms with Crippen molar-refractivity contribution in [1.29, 1.82) is 0 Å². The highest BCUT2D eigenvalue weighted by Gasteiger charge is 2.23. The summed E-state index contributed by atoms with van der Waals surface area (Å²) < 4.78 is 5.86. The first-order chi connectivity index (χ1) is 12.6. The smallest absolute Gasteiger partial charge is 0.252 e. The highest BCUT2D eigenvalue weighted by molar-refractivity contribution is 9.10. The predicted octanol–water partition coefficient (Wildman–Crippen LogP) is 3.56. The van der Waals surface area contributed by atoms with Crippen molar-refractivity contribution in [3.8, 4) is 5.75 Å². The fraction of sp³-hybridized carbons (Fsp3) is 0.300. The topological polar surface area (TPSA) is 58.6 Å². The molecular formula is C20H21BrN2O3. The van der Waals surface area contributed by atoms with Gasteiger partial charge in [0.25, 0.3) is 5.91 Å². The molecule has 0 spiro atoms. The summed E-state index contributed by atoms with van der Waals surface area (Å²) in [7, 11) is 1.56. The summed E-state index contributed by atoms with van der Waals surface area (Å²) in [5.74, 6) is 0.544. The van der Waals surface area contributed by atoms with Crippen molar-refractivity contribution >= 4 is 33.4 Å². The molecule has 26 heavy (non-hydrogen) atoms. The Balaban J connectivity index is 1.49. The van der Waals surface area contributed by atoms with Crippen molar-refractivity contribution < 1.29 is 14.3 Å². The number of nitrogens with one attached hydrogen (secondary N) is 1. The molecule has 0 bridgehead atoms. The Morgan fingerprint density at radius 1 is 1.23 bits per heavy atom. The first-order valence-electron chi connectivity index (χ1n) is 8.60. The Bertz CT molecular complexity index is 822. The van der Waals surface area contributed by atoms with E-state index < -0.39 is 0 Å². The van der Waals surface area contributed by atoms with Crippen molar-refractivity contribution in [2.24, 2.45) is 0 Å². The maximum atomic E-state index is 12.4. The van der Waals surface area contributed by atoms with Crippen molar-refractivity contribution in [1.82, 2.24) is 5.32 Å². The number of nitrogens with zero attached hydrogens (tertiary/aromatic N) is 1. The molecule has 1 aliphatic rings. The van der Waals surface area contributed by atoms with E-state index in [2.05, 4.69) is 27.3 Å². The lowest BCUT2D eigenvalue weighted by Crippen LogP contribution is -2.30. The first-order valence-corrected chi connectivity index (χ1v) is 9.39. The number of carbonyl (C=O) groups is 2. The number of hydrogen-bond acceptors (Lipinski definition) is 3. The maximum absolute atomic E-state index is 12.4. The summed E-state index contributed by atoms with van der Waals surface area (Å²) in [5.41, 5.74) is 2.75. The van der Waals surface area contributed by atoms with Crippen LogP contribution in [0.5, 0.6) is 5.75 Å². The average Bonchev–Trinajstić information content (AvgIpc) is 3.09. The van der Waals surface area contributed by atoms with Crippen LogP contribution in [0.2, 0.25) is 0 Å². The molecule has 0 atom stereocenters. The van der Waals surface area contributed by atoms with Crippen LogP contribution in [0.3, 0.4) is 0 Å². The number of halogens is 1. The Morgan fingerprint density at radius 3 is 2.85 bits per heavy atom. The minimum Gasteiger partial charge on any atom is -0.497 e. The summed E-state index contributed by atoms with van der Waals surface area (Å²) >= 11 is 3.38. The molecule has 0 radical (unpaired) electrons. The average molecular weight is 417 g/mol. The zero-order chi connectivity index (χ0) is 18.5. The van der Waals surface area contributed by atoms with E-state index in [1.807, 2.05) is 23.1 Å². The van der Waals surface area contributed by atoms with Gasteiger partial charge in [0.1, 0.15) is 5.75 Å². The normalized spacial score (nSPS) is 12.6. The fourth-order valence-electron chi connectivity index (χ4n) is 3.07. The molecule has 0 saturated heterocycles. The van der Waals surface area contributed by atoms with Gasteiger partial charge < -0.3 is 15.0 Å². The molecule has 5 nitrogen and oxygen atoms in total. The van der Waals surface area contributed by atoms with Crippen LogP contribution in [-0.2, 0) is 11.2 Å². The van der Waals surface area contributed by atoms with Crippen LogP contribution in [0.15, 0.2) is 46.9 Å². The highest BCUT2D eigenvalue weighted by atomic mass is 79.9. The lowest BCUT2D eigenvalue weighted by atomic mass is 10.2. The van der Waals surface area contributed by atoms with E-state index in [1.165, 1.54) is 5.56 Å². The van der Waals surface area contributed by atoms with E-state index in [4.69, 9.17) is 4.74 Å². The van der Waals surface area contributed by atoms with E-state index in [0.717, 1.165) is 18.7 Å². The second-order valence-electron chi connectivity index (χ2n) is 6.13. The molecule has 136 valence electrons. The van der Waals surface area contributed by atoms with Gasteiger partial charge in [-0.15, -0.1) is 0 Å². The molecule has 1 heterocycles. The summed E-state index contributed by atoms with van der Waals surface area (Å²) in [6, 6.07) is 13.3. The molecular weight excluding hydrogens is 396 g/mol. The van der Waals surface area contributed by atoms with Crippen molar-refractivity contribution in [2.75, 3.05) is 25.1 Å². The van der Waals surface area contributed by atoms with Crippen LogP contribution in [0.25, 0.3) is 0 Å². The molecule has 1 N–H and O–H groups in total. The number of carbonyl (C=O) groups excluding carboxylic acids is 2. The SMILES string of the molecule is COc1ccc(Br)c(C(=O)NCCCC(=O)N2CCc3ccccc32)c1. The summed E-state index contributed by atoms with van der Waals surface area (Å²) in [6.45, 7) is 1.19. The summed E-state index contributed by atoms with van der Waals surface area (Å²) in [5, 5.41) is 2.86. The molecule has 6 heteroatoms. The monoisotopic (exact) mass is 416 g/mol. The molecule has 0 fully saturated rings. The van der Waals surface area contributed by atoms with E-state index in [9.17, 15) is 9.59 Å². The lowest BCUT2D eigenvalue weighted by molar-refractivity contribution is -0.118. The molecule has 0 aliphatic carbocycles. The van der Waals surface area contributed by atoms with E-state index in [-0.39, 0.29) is 11.8 Å². The number of methoxy groups -OCH3 is 1. The molecule has 2 amide bonds. The van der Waals surface area contributed by atoms with Crippen LogP contribution in [-0.4, -0.2) is 32.0 Å². The number of rotatable bonds is 6. The fourth-order valence-corrected chi connectivity index (χ4v) is 3.50. The number of amides is 2. The zero-order valence-corrected chi connectivity index (χ0v) is 16.2. The highest BCUT2D eigenvalue weighted by Crippen LogP contribution is 2.28. The number of fused-ring (bicyclic) bond motifs is 1. The van der Waals surface area contributed by atoms with Gasteiger partial charge in [0.2, 0.25) is 5.91 Å². The Hall–Kier alpha value is -2.34. The van der Waals surface area contributed by atoms with E-state index >= 15 is 0 Å². The number of ether oxygens (including phenoxy) is 1. The lowest BCUT2D eigenvalue weighted by Gasteiger charge is -2.17. The van der Waals surface area contributed by atoms with E-state index in [0.29, 0.717) is 35.2 Å². The van der Waals surface area contributed by atoms with E-state index in [1.54, 1.807) is 25.3 Å². The van der Waals surface area contributed by atoms with Gasteiger partial charge in [-0.3, -0.25) is 9.59 Å². The van der Waals surface area contributed by atoms with Gasteiger partial charge in [-0.1, -0.05) is 18.2 Å².